The Hall–Kier alpha value is -2.24. The van der Waals surface area contributed by atoms with Crippen LogP contribution in [0, 0.1) is 0 Å². The average molecular weight is 216 g/mol. The van der Waals surface area contributed by atoms with Crippen molar-refractivity contribution >= 4 is 11.0 Å². The summed E-state index contributed by atoms with van der Waals surface area (Å²) in [7, 11) is 3.76. The molecule has 6 nitrogen and oxygen atoms in total. The van der Waals surface area contributed by atoms with Crippen LogP contribution in [0.15, 0.2) is 36.9 Å². The van der Waals surface area contributed by atoms with Gasteiger partial charge in [-0.1, -0.05) is 12.1 Å². The normalized spacial score (nSPS) is 9.88. The third-order valence-electron chi connectivity index (χ3n) is 2.08. The second-order valence-corrected chi connectivity index (χ2v) is 3.33. The summed E-state index contributed by atoms with van der Waals surface area (Å²) in [6, 6.07) is 8.08. The van der Waals surface area contributed by atoms with Gasteiger partial charge in [0.05, 0.1) is 17.4 Å². The number of imidazole rings is 1. The van der Waals surface area contributed by atoms with Gasteiger partial charge in [-0.2, -0.15) is 0 Å². The zero-order chi connectivity index (χ0) is 11.4. The van der Waals surface area contributed by atoms with Crippen LogP contribution in [0.3, 0.4) is 0 Å². The molecule has 2 aromatic heterocycles. The lowest BCUT2D eigenvalue weighted by atomic mass is 10.3. The molecule has 16 heavy (non-hydrogen) atoms. The van der Waals surface area contributed by atoms with Crippen LogP contribution in [0.2, 0.25) is 0 Å². The summed E-state index contributed by atoms with van der Waals surface area (Å²) in [5, 5.41) is 10.2. The smallest absolute Gasteiger partial charge is 0.137 e. The highest BCUT2D eigenvalue weighted by atomic mass is 15.5. The van der Waals surface area contributed by atoms with Gasteiger partial charge in [-0.25, -0.2) is 9.67 Å². The van der Waals surface area contributed by atoms with Gasteiger partial charge in [0.1, 0.15) is 6.33 Å². The van der Waals surface area contributed by atoms with Crippen LogP contribution in [0.25, 0.3) is 11.0 Å². The number of para-hydroxylation sites is 2. The van der Waals surface area contributed by atoms with E-state index in [0.29, 0.717) is 0 Å². The van der Waals surface area contributed by atoms with Crippen LogP contribution in [0.1, 0.15) is 0 Å². The number of hydrogen-bond acceptors (Lipinski definition) is 4. The number of aryl methyl sites for hydroxylation is 2. The van der Waals surface area contributed by atoms with E-state index < -0.39 is 0 Å². The molecule has 0 fully saturated rings. The number of fused-ring (bicyclic) bond motifs is 1. The molecule has 6 heteroatoms. The molecule has 0 unspecified atom stereocenters. The molecular formula is C10H12N6. The summed E-state index contributed by atoms with van der Waals surface area (Å²) < 4.78 is 3.54. The Bertz CT molecular complexity index is 553. The maximum Gasteiger partial charge on any atom is 0.137 e. The highest BCUT2D eigenvalue weighted by Gasteiger charge is 1.93. The predicted molar refractivity (Wildman–Crippen MR) is 59.5 cm³/mol. The van der Waals surface area contributed by atoms with E-state index in [1.54, 1.807) is 7.05 Å². The zero-order valence-corrected chi connectivity index (χ0v) is 9.15. The van der Waals surface area contributed by atoms with E-state index in [1.807, 2.05) is 36.1 Å². The third-order valence-corrected chi connectivity index (χ3v) is 2.08. The first-order valence-corrected chi connectivity index (χ1v) is 4.80. The molecule has 0 aliphatic carbocycles. The molecule has 0 atom stereocenters. The van der Waals surface area contributed by atoms with Crippen LogP contribution in [0.5, 0.6) is 0 Å². The Balaban J connectivity index is 0.000000138. The maximum atomic E-state index is 4.18. The van der Waals surface area contributed by atoms with Crippen molar-refractivity contribution < 1.29 is 0 Å². The molecular weight excluding hydrogens is 204 g/mol. The highest BCUT2D eigenvalue weighted by Crippen LogP contribution is 2.08. The Morgan fingerprint density at radius 2 is 1.88 bits per heavy atom. The zero-order valence-electron chi connectivity index (χ0n) is 9.15. The van der Waals surface area contributed by atoms with E-state index in [1.165, 1.54) is 16.5 Å². The topological polar surface area (TPSA) is 61.4 Å². The lowest BCUT2D eigenvalue weighted by Crippen LogP contribution is -1.85. The third kappa shape index (κ3) is 2.22. The summed E-state index contributed by atoms with van der Waals surface area (Å²) >= 11 is 0. The van der Waals surface area contributed by atoms with E-state index in [9.17, 15) is 0 Å². The van der Waals surface area contributed by atoms with Gasteiger partial charge in [-0.3, -0.25) is 0 Å². The first-order chi connectivity index (χ1) is 7.77. The number of nitrogens with zero attached hydrogens (tertiary/aromatic N) is 6. The Morgan fingerprint density at radius 1 is 1.06 bits per heavy atom. The molecule has 0 amide bonds. The molecule has 0 spiro atoms. The van der Waals surface area contributed by atoms with Crippen molar-refractivity contribution in [2.75, 3.05) is 0 Å². The van der Waals surface area contributed by atoms with Crippen LogP contribution < -0.4 is 0 Å². The monoisotopic (exact) mass is 216 g/mol. The molecule has 0 bridgehead atoms. The highest BCUT2D eigenvalue weighted by molar-refractivity contribution is 5.74. The minimum atomic E-state index is 1.06. The van der Waals surface area contributed by atoms with Gasteiger partial charge in [0.15, 0.2) is 0 Å². The van der Waals surface area contributed by atoms with Crippen molar-refractivity contribution in [3.8, 4) is 0 Å². The number of aromatic nitrogens is 6. The largest absolute Gasteiger partial charge is 0.334 e. The number of rotatable bonds is 0. The second-order valence-electron chi connectivity index (χ2n) is 3.33. The first kappa shape index (κ1) is 10.3. The molecule has 82 valence electrons. The van der Waals surface area contributed by atoms with Crippen LogP contribution in [-0.2, 0) is 14.1 Å². The minimum absolute atomic E-state index is 1.06. The van der Waals surface area contributed by atoms with E-state index in [0.717, 1.165) is 5.52 Å². The Kier molecular flexibility index (Phi) is 2.90. The number of tetrazole rings is 1. The Labute approximate surface area is 92.5 Å². The second kappa shape index (κ2) is 4.52. The van der Waals surface area contributed by atoms with Crippen LogP contribution >= 0.6 is 0 Å². The quantitative estimate of drug-likeness (QED) is 0.557. The molecule has 0 saturated carbocycles. The van der Waals surface area contributed by atoms with Crippen molar-refractivity contribution in [1.29, 1.82) is 0 Å². The molecule has 0 aliphatic rings. The SMILES string of the molecule is Cn1cnc2ccccc21.Cn1cnnn1. The number of benzene rings is 1. The van der Waals surface area contributed by atoms with Gasteiger partial charge in [-0.05, 0) is 22.6 Å². The van der Waals surface area contributed by atoms with Crippen molar-refractivity contribution in [2.45, 2.75) is 0 Å². The molecule has 0 aliphatic heterocycles. The fraction of sp³-hybridized carbons (Fsp3) is 0.200. The maximum absolute atomic E-state index is 4.18. The van der Waals surface area contributed by atoms with Gasteiger partial charge in [0, 0.05) is 14.1 Å². The van der Waals surface area contributed by atoms with Crippen molar-refractivity contribution in [2.24, 2.45) is 14.1 Å². The van der Waals surface area contributed by atoms with E-state index in [-0.39, 0.29) is 0 Å². The summed E-state index contributed by atoms with van der Waals surface area (Å²) in [6.45, 7) is 0. The first-order valence-electron chi connectivity index (χ1n) is 4.80. The standard InChI is InChI=1S/C8H8N2.C2H4N4/c1-10-6-9-7-4-2-3-5-8(7)10;1-6-2-3-4-5-6/h2-6H,1H3;2H,1H3. The number of hydrogen-bond donors (Lipinski definition) is 0. The van der Waals surface area contributed by atoms with E-state index in [4.69, 9.17) is 0 Å². The molecule has 0 radical (unpaired) electrons. The summed E-state index contributed by atoms with van der Waals surface area (Å²) in [6.07, 6.45) is 3.35. The Morgan fingerprint density at radius 3 is 2.44 bits per heavy atom. The van der Waals surface area contributed by atoms with Gasteiger partial charge >= 0.3 is 0 Å². The minimum Gasteiger partial charge on any atom is -0.334 e. The molecule has 2 heterocycles. The predicted octanol–water partition coefficient (Wildman–Crippen LogP) is 0.783. The molecule has 3 rings (SSSR count). The van der Waals surface area contributed by atoms with Crippen LogP contribution in [-0.4, -0.2) is 29.8 Å². The van der Waals surface area contributed by atoms with Gasteiger partial charge in [-0.15, -0.1) is 5.10 Å². The lowest BCUT2D eigenvalue weighted by Gasteiger charge is -1.90. The van der Waals surface area contributed by atoms with Gasteiger partial charge in [0.25, 0.3) is 0 Å². The summed E-state index contributed by atoms with van der Waals surface area (Å²) in [4.78, 5) is 4.18. The molecule has 1 aromatic carbocycles. The summed E-state index contributed by atoms with van der Waals surface area (Å²) in [5.41, 5.74) is 2.24. The van der Waals surface area contributed by atoms with Crippen molar-refractivity contribution in [3.63, 3.8) is 0 Å². The fourth-order valence-corrected chi connectivity index (χ4v) is 1.29. The molecule has 0 saturated heterocycles. The lowest BCUT2D eigenvalue weighted by molar-refractivity contribution is 0.710. The van der Waals surface area contributed by atoms with E-state index in [2.05, 4.69) is 26.6 Å². The molecule has 0 N–H and O–H groups in total. The fourth-order valence-electron chi connectivity index (χ4n) is 1.29. The van der Waals surface area contributed by atoms with E-state index >= 15 is 0 Å². The van der Waals surface area contributed by atoms with Gasteiger partial charge < -0.3 is 4.57 Å². The van der Waals surface area contributed by atoms with Crippen LogP contribution in [0.4, 0.5) is 0 Å². The summed E-state index contributed by atoms with van der Waals surface area (Å²) in [5.74, 6) is 0. The molecule has 3 aromatic rings. The van der Waals surface area contributed by atoms with Gasteiger partial charge in [0.2, 0.25) is 0 Å². The average Bonchev–Trinajstić information content (AvgIpc) is 2.91. The van der Waals surface area contributed by atoms with Crippen molar-refractivity contribution in [3.05, 3.63) is 36.9 Å². The van der Waals surface area contributed by atoms with Crippen molar-refractivity contribution in [1.82, 2.24) is 29.8 Å².